The lowest BCUT2D eigenvalue weighted by molar-refractivity contribution is 0.142. The first-order valence-electron chi connectivity index (χ1n) is 8.68. The maximum atomic E-state index is 12.7. The van der Waals surface area contributed by atoms with Crippen LogP contribution in [0.5, 0.6) is 0 Å². The minimum Gasteiger partial charge on any atom is -0.337 e. The first-order chi connectivity index (χ1) is 12.8. The van der Waals surface area contributed by atoms with Gasteiger partial charge in [0, 0.05) is 18.3 Å². The topological polar surface area (TPSA) is 84.2 Å². The molecule has 1 unspecified atom stereocenters. The minimum absolute atomic E-state index is 0.179. The highest BCUT2D eigenvalue weighted by Gasteiger charge is 2.32. The molecule has 0 spiro atoms. The lowest BCUT2D eigenvalue weighted by Gasteiger charge is -2.33. The molecular weight excluding hydrogens is 330 g/mol. The second-order valence-electron chi connectivity index (χ2n) is 6.20. The van der Waals surface area contributed by atoms with Crippen LogP contribution in [-0.2, 0) is 0 Å². The van der Waals surface area contributed by atoms with Crippen LogP contribution in [0.1, 0.15) is 31.2 Å². The maximum Gasteiger partial charge on any atom is 0.322 e. The van der Waals surface area contributed by atoms with Gasteiger partial charge in [-0.2, -0.15) is 4.98 Å². The van der Waals surface area contributed by atoms with Crippen molar-refractivity contribution in [2.45, 2.75) is 25.3 Å². The first kappa shape index (κ1) is 16.3. The molecule has 1 aliphatic rings. The van der Waals surface area contributed by atoms with E-state index in [0.29, 0.717) is 23.9 Å². The summed E-state index contributed by atoms with van der Waals surface area (Å²) in [5.41, 5.74) is 1.56. The van der Waals surface area contributed by atoms with Crippen molar-refractivity contribution in [3.05, 3.63) is 60.7 Å². The number of hydrogen-bond acceptors (Lipinski definition) is 5. The van der Waals surface area contributed by atoms with Crippen molar-refractivity contribution in [2.75, 3.05) is 11.9 Å². The van der Waals surface area contributed by atoms with Crippen LogP contribution in [-0.4, -0.2) is 32.6 Å². The van der Waals surface area contributed by atoms with Gasteiger partial charge in [0.25, 0.3) is 0 Å². The molecule has 1 fully saturated rings. The quantitative estimate of drug-likeness (QED) is 0.775. The molecule has 4 rings (SSSR count). The summed E-state index contributed by atoms with van der Waals surface area (Å²) in [4.78, 5) is 23.0. The molecule has 1 aromatic carbocycles. The maximum absolute atomic E-state index is 12.7. The number of nitrogens with one attached hydrogen (secondary N) is 1. The molecule has 3 aromatic rings. The van der Waals surface area contributed by atoms with Gasteiger partial charge in [0.05, 0.1) is 11.9 Å². The molecule has 0 radical (unpaired) electrons. The van der Waals surface area contributed by atoms with Crippen LogP contribution in [0.25, 0.3) is 11.4 Å². The van der Waals surface area contributed by atoms with Crippen LogP contribution in [0.2, 0.25) is 0 Å². The predicted octanol–water partition coefficient (Wildman–Crippen LogP) is 3.89. The predicted molar refractivity (Wildman–Crippen MR) is 96.3 cm³/mol. The Hall–Kier alpha value is -3.22. The Morgan fingerprint density at radius 1 is 1.15 bits per heavy atom. The van der Waals surface area contributed by atoms with Gasteiger partial charge in [-0.3, -0.25) is 4.98 Å². The molecule has 1 saturated heterocycles. The number of aromatic nitrogens is 3. The lowest BCUT2D eigenvalue weighted by Crippen LogP contribution is -2.41. The standard InChI is InChI=1S/C19H19N5O2/c25-19(21-15-9-6-11-20-13-15)24-12-5-4-10-16(24)18-22-17(23-26-18)14-7-2-1-3-8-14/h1-3,6-9,11,13,16H,4-5,10,12H2,(H,21,25). The molecule has 0 bridgehead atoms. The number of carbonyl (C=O) groups excluding carboxylic acids is 1. The average Bonchev–Trinajstić information content (AvgIpc) is 3.19. The Morgan fingerprint density at radius 2 is 2.04 bits per heavy atom. The molecule has 2 aromatic heterocycles. The number of carbonyl (C=O) groups is 1. The van der Waals surface area contributed by atoms with Crippen molar-refractivity contribution in [2.24, 2.45) is 0 Å². The van der Waals surface area contributed by atoms with Crippen LogP contribution in [0.15, 0.2) is 59.4 Å². The number of likely N-dealkylation sites (tertiary alicyclic amines) is 1. The van der Waals surface area contributed by atoms with Gasteiger partial charge < -0.3 is 14.7 Å². The molecule has 0 aliphatic carbocycles. The van der Waals surface area contributed by atoms with Gasteiger partial charge in [-0.1, -0.05) is 35.5 Å². The van der Waals surface area contributed by atoms with Crippen molar-refractivity contribution in [3.63, 3.8) is 0 Å². The summed E-state index contributed by atoms with van der Waals surface area (Å²) in [6.45, 7) is 0.653. The van der Waals surface area contributed by atoms with Crippen LogP contribution < -0.4 is 5.32 Å². The summed E-state index contributed by atoms with van der Waals surface area (Å²) >= 11 is 0. The van der Waals surface area contributed by atoms with E-state index in [0.717, 1.165) is 24.8 Å². The van der Waals surface area contributed by atoms with Crippen molar-refractivity contribution in [1.29, 1.82) is 0 Å². The van der Waals surface area contributed by atoms with E-state index in [1.165, 1.54) is 0 Å². The third-order valence-corrected chi connectivity index (χ3v) is 4.44. The Balaban J connectivity index is 1.54. The second kappa shape index (κ2) is 7.35. The van der Waals surface area contributed by atoms with E-state index in [1.807, 2.05) is 36.4 Å². The SMILES string of the molecule is O=C(Nc1cccnc1)N1CCCCC1c1nc(-c2ccccc2)no1. The number of anilines is 1. The number of amides is 2. The summed E-state index contributed by atoms with van der Waals surface area (Å²) in [7, 11) is 0. The van der Waals surface area contributed by atoms with Gasteiger partial charge in [0.1, 0.15) is 6.04 Å². The van der Waals surface area contributed by atoms with Gasteiger partial charge in [-0.15, -0.1) is 0 Å². The molecular formula is C19H19N5O2. The van der Waals surface area contributed by atoms with E-state index in [9.17, 15) is 4.79 Å². The smallest absolute Gasteiger partial charge is 0.322 e. The highest BCUT2D eigenvalue weighted by Crippen LogP contribution is 2.31. The molecule has 3 heterocycles. The van der Waals surface area contributed by atoms with E-state index in [2.05, 4.69) is 20.4 Å². The fraction of sp³-hybridized carbons (Fsp3) is 0.263. The van der Waals surface area contributed by atoms with Gasteiger partial charge in [-0.25, -0.2) is 4.79 Å². The monoisotopic (exact) mass is 349 g/mol. The second-order valence-corrected chi connectivity index (χ2v) is 6.20. The number of urea groups is 1. The molecule has 1 aliphatic heterocycles. The molecule has 1 atom stereocenters. The number of benzene rings is 1. The Labute approximate surface area is 151 Å². The van der Waals surface area contributed by atoms with E-state index in [1.54, 1.807) is 23.4 Å². The van der Waals surface area contributed by atoms with Crippen molar-refractivity contribution in [1.82, 2.24) is 20.0 Å². The van der Waals surface area contributed by atoms with E-state index in [4.69, 9.17) is 4.52 Å². The van der Waals surface area contributed by atoms with Crippen molar-refractivity contribution < 1.29 is 9.32 Å². The van der Waals surface area contributed by atoms with E-state index >= 15 is 0 Å². The van der Waals surface area contributed by atoms with Gasteiger partial charge in [0.15, 0.2) is 0 Å². The molecule has 132 valence electrons. The van der Waals surface area contributed by atoms with Gasteiger partial charge >= 0.3 is 6.03 Å². The average molecular weight is 349 g/mol. The third kappa shape index (κ3) is 3.42. The number of pyridine rings is 1. The van der Waals surface area contributed by atoms with E-state index < -0.39 is 0 Å². The molecule has 1 N–H and O–H groups in total. The van der Waals surface area contributed by atoms with Crippen LogP contribution in [0.3, 0.4) is 0 Å². The zero-order valence-corrected chi connectivity index (χ0v) is 14.2. The van der Waals surface area contributed by atoms with Crippen LogP contribution in [0, 0.1) is 0 Å². The van der Waals surface area contributed by atoms with Crippen LogP contribution in [0.4, 0.5) is 10.5 Å². The Kier molecular flexibility index (Phi) is 4.59. The summed E-state index contributed by atoms with van der Waals surface area (Å²) in [6, 6.07) is 12.9. The number of piperidine rings is 1. The third-order valence-electron chi connectivity index (χ3n) is 4.44. The van der Waals surface area contributed by atoms with Gasteiger partial charge in [-0.05, 0) is 31.4 Å². The van der Waals surface area contributed by atoms with Crippen LogP contribution >= 0.6 is 0 Å². The molecule has 0 saturated carbocycles. The zero-order chi connectivity index (χ0) is 17.8. The fourth-order valence-corrected chi connectivity index (χ4v) is 3.14. The highest BCUT2D eigenvalue weighted by molar-refractivity contribution is 5.89. The van der Waals surface area contributed by atoms with Gasteiger partial charge in [0.2, 0.25) is 11.7 Å². The van der Waals surface area contributed by atoms with Crippen molar-refractivity contribution in [3.8, 4) is 11.4 Å². The Morgan fingerprint density at radius 3 is 2.85 bits per heavy atom. The first-order valence-corrected chi connectivity index (χ1v) is 8.68. The van der Waals surface area contributed by atoms with E-state index in [-0.39, 0.29) is 12.1 Å². The normalized spacial score (nSPS) is 17.1. The summed E-state index contributed by atoms with van der Waals surface area (Å²) in [5, 5.41) is 6.97. The summed E-state index contributed by atoms with van der Waals surface area (Å²) in [6.07, 6.45) is 6.07. The zero-order valence-electron chi connectivity index (χ0n) is 14.2. The molecule has 2 amide bonds. The molecule has 7 nitrogen and oxygen atoms in total. The Bertz CT molecular complexity index is 866. The summed E-state index contributed by atoms with van der Waals surface area (Å²) < 4.78 is 5.49. The molecule has 7 heteroatoms. The number of nitrogens with zero attached hydrogens (tertiary/aromatic N) is 4. The number of rotatable bonds is 3. The minimum atomic E-state index is -0.217. The largest absolute Gasteiger partial charge is 0.337 e. The highest BCUT2D eigenvalue weighted by atomic mass is 16.5. The lowest BCUT2D eigenvalue weighted by atomic mass is 10.0. The van der Waals surface area contributed by atoms with Crippen molar-refractivity contribution >= 4 is 11.7 Å². The number of hydrogen-bond donors (Lipinski definition) is 1. The molecule has 26 heavy (non-hydrogen) atoms. The fourth-order valence-electron chi connectivity index (χ4n) is 3.14. The summed E-state index contributed by atoms with van der Waals surface area (Å²) in [5.74, 6) is 1.02.